The summed E-state index contributed by atoms with van der Waals surface area (Å²) in [7, 11) is 0. The molecule has 6 heteroatoms. The standard InChI is InChI=1S/C19H15FN2O2S/c1-13-7-8-15(11-16(13)20)22-10-9-21-18(19(22)24)25-12-17(23)14-5-3-2-4-6-14/h2-11H,12H2,1H3. The number of thioether (sulfide) groups is 1. The molecule has 0 atom stereocenters. The zero-order valence-corrected chi connectivity index (χ0v) is 14.3. The first kappa shape index (κ1) is 17.1. The van der Waals surface area contributed by atoms with E-state index in [0.717, 1.165) is 11.8 Å². The highest BCUT2D eigenvalue weighted by Crippen LogP contribution is 2.16. The van der Waals surface area contributed by atoms with Crippen LogP contribution >= 0.6 is 11.8 Å². The van der Waals surface area contributed by atoms with Crippen molar-refractivity contribution in [2.45, 2.75) is 11.9 Å². The van der Waals surface area contributed by atoms with E-state index in [1.807, 2.05) is 6.07 Å². The van der Waals surface area contributed by atoms with Crippen LogP contribution in [0.2, 0.25) is 0 Å². The predicted octanol–water partition coefficient (Wildman–Crippen LogP) is 3.66. The Kier molecular flexibility index (Phi) is 5.09. The average Bonchev–Trinajstić information content (AvgIpc) is 2.64. The Hall–Kier alpha value is -2.73. The Morgan fingerprint density at radius 3 is 2.68 bits per heavy atom. The number of nitrogens with zero attached hydrogens (tertiary/aromatic N) is 2. The van der Waals surface area contributed by atoms with Crippen molar-refractivity contribution in [3.63, 3.8) is 0 Å². The second-order valence-corrected chi connectivity index (χ2v) is 6.38. The molecule has 0 N–H and O–H groups in total. The molecule has 0 fully saturated rings. The zero-order valence-electron chi connectivity index (χ0n) is 13.5. The molecule has 0 aliphatic rings. The van der Waals surface area contributed by atoms with Gasteiger partial charge < -0.3 is 0 Å². The summed E-state index contributed by atoms with van der Waals surface area (Å²) in [4.78, 5) is 28.8. The fraction of sp³-hybridized carbons (Fsp3) is 0.105. The van der Waals surface area contributed by atoms with Crippen molar-refractivity contribution < 1.29 is 9.18 Å². The molecule has 0 unspecified atom stereocenters. The minimum atomic E-state index is -0.380. The Bertz CT molecular complexity index is 971. The maximum Gasteiger partial charge on any atom is 0.287 e. The van der Waals surface area contributed by atoms with Crippen molar-refractivity contribution in [3.8, 4) is 5.69 Å². The van der Waals surface area contributed by atoms with E-state index in [0.29, 0.717) is 16.8 Å². The van der Waals surface area contributed by atoms with Gasteiger partial charge in [-0.3, -0.25) is 14.2 Å². The number of halogens is 1. The van der Waals surface area contributed by atoms with Crippen LogP contribution in [0.3, 0.4) is 0 Å². The van der Waals surface area contributed by atoms with Crippen LogP contribution in [0.5, 0.6) is 0 Å². The number of carbonyl (C=O) groups excluding carboxylic acids is 1. The van der Waals surface area contributed by atoms with Crippen molar-refractivity contribution in [1.82, 2.24) is 9.55 Å². The largest absolute Gasteiger partial charge is 0.293 e. The van der Waals surface area contributed by atoms with Gasteiger partial charge in [-0.1, -0.05) is 48.2 Å². The number of hydrogen-bond acceptors (Lipinski definition) is 4. The fourth-order valence-corrected chi connectivity index (χ4v) is 3.06. The molecule has 0 aliphatic heterocycles. The van der Waals surface area contributed by atoms with E-state index >= 15 is 0 Å². The van der Waals surface area contributed by atoms with E-state index in [1.165, 1.54) is 23.0 Å². The number of rotatable bonds is 5. The molecule has 0 saturated carbocycles. The maximum absolute atomic E-state index is 13.8. The number of aryl methyl sites for hydroxylation is 1. The molecule has 2 aromatic carbocycles. The van der Waals surface area contributed by atoms with Crippen LogP contribution in [0, 0.1) is 12.7 Å². The summed E-state index contributed by atoms with van der Waals surface area (Å²) in [5.74, 6) is -0.350. The summed E-state index contributed by atoms with van der Waals surface area (Å²) in [5, 5.41) is 0.202. The second kappa shape index (κ2) is 7.44. The second-order valence-electron chi connectivity index (χ2n) is 5.42. The van der Waals surface area contributed by atoms with Crippen molar-refractivity contribution in [2.24, 2.45) is 0 Å². The van der Waals surface area contributed by atoms with Crippen molar-refractivity contribution in [1.29, 1.82) is 0 Å². The number of Topliss-reactive ketones (excluding diaryl/α,β-unsaturated/α-hetero) is 1. The summed E-state index contributed by atoms with van der Waals surface area (Å²) in [5.41, 5.74) is 1.14. The fourth-order valence-electron chi connectivity index (χ4n) is 2.27. The minimum Gasteiger partial charge on any atom is -0.293 e. The van der Waals surface area contributed by atoms with Crippen LogP contribution in [0.1, 0.15) is 15.9 Å². The highest BCUT2D eigenvalue weighted by molar-refractivity contribution is 7.99. The third-order valence-electron chi connectivity index (χ3n) is 3.68. The van der Waals surface area contributed by atoms with Gasteiger partial charge in [0.1, 0.15) is 5.82 Å². The van der Waals surface area contributed by atoms with Crippen molar-refractivity contribution in [3.05, 3.63) is 88.2 Å². The molecule has 1 aromatic heterocycles. The van der Waals surface area contributed by atoms with Gasteiger partial charge in [-0.2, -0.15) is 0 Å². The Morgan fingerprint density at radius 1 is 1.20 bits per heavy atom. The van der Waals surface area contributed by atoms with Crippen LogP contribution < -0.4 is 5.56 Å². The third kappa shape index (κ3) is 3.85. The molecule has 0 bridgehead atoms. The SMILES string of the molecule is Cc1ccc(-n2ccnc(SCC(=O)c3ccccc3)c2=O)cc1F. The smallest absolute Gasteiger partial charge is 0.287 e. The Balaban J connectivity index is 1.83. The summed E-state index contributed by atoms with van der Waals surface area (Å²) < 4.78 is 15.1. The predicted molar refractivity (Wildman–Crippen MR) is 96.0 cm³/mol. The summed E-state index contributed by atoms with van der Waals surface area (Å²) in [6, 6.07) is 13.5. The van der Waals surface area contributed by atoms with Crippen molar-refractivity contribution in [2.75, 3.05) is 5.75 Å². The molecule has 126 valence electrons. The Morgan fingerprint density at radius 2 is 1.96 bits per heavy atom. The Labute approximate surface area is 148 Å². The normalized spacial score (nSPS) is 10.6. The summed E-state index contributed by atoms with van der Waals surface area (Å²) in [6.45, 7) is 1.66. The summed E-state index contributed by atoms with van der Waals surface area (Å²) >= 11 is 1.08. The first-order chi connectivity index (χ1) is 12.1. The topological polar surface area (TPSA) is 52.0 Å². The zero-order chi connectivity index (χ0) is 17.8. The highest BCUT2D eigenvalue weighted by Gasteiger charge is 2.12. The number of carbonyl (C=O) groups is 1. The maximum atomic E-state index is 13.8. The van der Waals surface area contributed by atoms with Gasteiger partial charge >= 0.3 is 0 Å². The van der Waals surface area contributed by atoms with Gasteiger partial charge in [-0.15, -0.1) is 0 Å². The van der Waals surface area contributed by atoms with E-state index < -0.39 is 0 Å². The van der Waals surface area contributed by atoms with Crippen LogP contribution in [-0.2, 0) is 0 Å². The van der Waals surface area contributed by atoms with Crippen LogP contribution in [0.15, 0.2) is 70.7 Å². The lowest BCUT2D eigenvalue weighted by Crippen LogP contribution is -2.21. The quantitative estimate of drug-likeness (QED) is 0.518. The monoisotopic (exact) mass is 354 g/mol. The number of hydrogen-bond donors (Lipinski definition) is 0. The van der Waals surface area contributed by atoms with Crippen molar-refractivity contribution >= 4 is 17.5 Å². The molecule has 0 saturated heterocycles. The molecule has 0 aliphatic carbocycles. The highest BCUT2D eigenvalue weighted by atomic mass is 32.2. The number of benzene rings is 2. The molecule has 4 nitrogen and oxygen atoms in total. The van der Waals surface area contributed by atoms with E-state index in [-0.39, 0.29) is 27.9 Å². The molecule has 3 rings (SSSR count). The number of aromatic nitrogens is 2. The lowest BCUT2D eigenvalue weighted by Gasteiger charge is -2.08. The molecular formula is C19H15FN2O2S. The average molecular weight is 354 g/mol. The molecule has 0 amide bonds. The van der Waals surface area contributed by atoms with Crippen LogP contribution in [0.4, 0.5) is 4.39 Å². The van der Waals surface area contributed by atoms with Gasteiger partial charge in [-0.05, 0) is 24.6 Å². The van der Waals surface area contributed by atoms with Gasteiger partial charge in [0.25, 0.3) is 5.56 Å². The van der Waals surface area contributed by atoms with Gasteiger partial charge in [0, 0.05) is 18.0 Å². The molecule has 25 heavy (non-hydrogen) atoms. The third-order valence-corrected chi connectivity index (χ3v) is 4.64. The first-order valence-corrected chi connectivity index (χ1v) is 8.60. The van der Waals surface area contributed by atoms with Gasteiger partial charge in [0.05, 0.1) is 11.4 Å². The van der Waals surface area contributed by atoms with Crippen LogP contribution in [-0.4, -0.2) is 21.1 Å². The van der Waals surface area contributed by atoms with Gasteiger partial charge in [0.15, 0.2) is 10.8 Å². The first-order valence-electron chi connectivity index (χ1n) is 7.61. The molecule has 0 spiro atoms. The molecule has 0 radical (unpaired) electrons. The summed E-state index contributed by atoms with van der Waals surface area (Å²) in [6.07, 6.45) is 2.95. The molecule has 3 aromatic rings. The minimum absolute atomic E-state index is 0.0800. The molecular weight excluding hydrogens is 339 g/mol. The van der Waals surface area contributed by atoms with E-state index in [9.17, 15) is 14.0 Å². The van der Waals surface area contributed by atoms with Crippen LogP contribution in [0.25, 0.3) is 5.69 Å². The van der Waals surface area contributed by atoms with E-state index in [4.69, 9.17) is 0 Å². The lowest BCUT2D eigenvalue weighted by atomic mass is 10.2. The molecule has 1 heterocycles. The lowest BCUT2D eigenvalue weighted by molar-refractivity contribution is 0.102. The number of ketones is 1. The van der Waals surface area contributed by atoms with Gasteiger partial charge in [0.2, 0.25) is 0 Å². The van der Waals surface area contributed by atoms with E-state index in [1.54, 1.807) is 43.3 Å². The van der Waals surface area contributed by atoms with E-state index in [2.05, 4.69) is 4.98 Å². The van der Waals surface area contributed by atoms with Gasteiger partial charge in [-0.25, -0.2) is 9.37 Å².